The second-order valence-corrected chi connectivity index (χ2v) is 5.88. The average molecular weight is 227 g/mol. The molecule has 0 radical (unpaired) electrons. The number of nitrogens with two attached hydrogens (primary N) is 1. The standard InChI is InChI=1S/C11H17NO2S/c1-9(12)7-8-10-5-3-4-6-11(10)15(2,13)14/h3-6,9H,7-8,12H2,1-2H3/t9-/m1/s1. The summed E-state index contributed by atoms with van der Waals surface area (Å²) in [5, 5.41) is 0. The Kier molecular flexibility index (Phi) is 3.88. The second kappa shape index (κ2) is 4.77. The van der Waals surface area contributed by atoms with Crippen LogP contribution in [-0.4, -0.2) is 20.7 Å². The average Bonchev–Trinajstić information content (AvgIpc) is 2.13. The van der Waals surface area contributed by atoms with Gasteiger partial charge in [0.25, 0.3) is 0 Å². The Balaban J connectivity index is 2.98. The molecular weight excluding hydrogens is 210 g/mol. The molecule has 1 rings (SSSR count). The third kappa shape index (κ3) is 3.64. The summed E-state index contributed by atoms with van der Waals surface area (Å²) >= 11 is 0. The summed E-state index contributed by atoms with van der Waals surface area (Å²) in [5.74, 6) is 0. The highest BCUT2D eigenvalue weighted by Crippen LogP contribution is 2.17. The zero-order valence-electron chi connectivity index (χ0n) is 9.10. The zero-order chi connectivity index (χ0) is 11.5. The lowest BCUT2D eigenvalue weighted by atomic mass is 10.1. The molecule has 0 aromatic heterocycles. The number of aryl methyl sites for hydroxylation is 1. The minimum Gasteiger partial charge on any atom is -0.328 e. The summed E-state index contributed by atoms with van der Waals surface area (Å²) in [7, 11) is -3.12. The topological polar surface area (TPSA) is 60.2 Å². The minimum absolute atomic E-state index is 0.0950. The quantitative estimate of drug-likeness (QED) is 0.845. The van der Waals surface area contributed by atoms with Crippen LogP contribution in [0.1, 0.15) is 18.9 Å². The predicted molar refractivity (Wildman–Crippen MR) is 61.5 cm³/mol. The van der Waals surface area contributed by atoms with Crippen LogP contribution in [0.25, 0.3) is 0 Å². The molecular formula is C11H17NO2S. The van der Waals surface area contributed by atoms with E-state index in [1.165, 1.54) is 6.26 Å². The first-order valence-corrected chi connectivity index (χ1v) is 6.84. The van der Waals surface area contributed by atoms with Crippen molar-refractivity contribution in [3.05, 3.63) is 29.8 Å². The molecule has 1 aromatic rings. The molecule has 0 amide bonds. The monoisotopic (exact) mass is 227 g/mol. The van der Waals surface area contributed by atoms with E-state index in [-0.39, 0.29) is 6.04 Å². The van der Waals surface area contributed by atoms with Crippen molar-refractivity contribution in [2.45, 2.75) is 30.7 Å². The fourth-order valence-electron chi connectivity index (χ4n) is 1.46. The van der Waals surface area contributed by atoms with Crippen molar-refractivity contribution in [1.82, 2.24) is 0 Å². The van der Waals surface area contributed by atoms with Gasteiger partial charge in [-0.2, -0.15) is 0 Å². The SMILES string of the molecule is C[C@@H](N)CCc1ccccc1S(C)(=O)=O. The lowest BCUT2D eigenvalue weighted by Crippen LogP contribution is -2.16. The predicted octanol–water partition coefficient (Wildman–Crippen LogP) is 1.37. The molecule has 84 valence electrons. The number of sulfone groups is 1. The number of benzene rings is 1. The van der Waals surface area contributed by atoms with Gasteiger partial charge in [0.15, 0.2) is 9.84 Å². The fourth-order valence-corrected chi connectivity index (χ4v) is 2.43. The van der Waals surface area contributed by atoms with E-state index >= 15 is 0 Å². The van der Waals surface area contributed by atoms with Gasteiger partial charge in [0.1, 0.15) is 0 Å². The second-order valence-electron chi connectivity index (χ2n) is 3.90. The first-order chi connectivity index (χ1) is 6.91. The maximum absolute atomic E-state index is 11.5. The van der Waals surface area contributed by atoms with Crippen LogP contribution in [0.15, 0.2) is 29.2 Å². The van der Waals surface area contributed by atoms with E-state index < -0.39 is 9.84 Å². The van der Waals surface area contributed by atoms with Gasteiger partial charge >= 0.3 is 0 Å². The van der Waals surface area contributed by atoms with E-state index in [2.05, 4.69) is 0 Å². The van der Waals surface area contributed by atoms with Crippen LogP contribution in [0.2, 0.25) is 0 Å². The number of hydrogen-bond donors (Lipinski definition) is 1. The van der Waals surface area contributed by atoms with E-state index in [4.69, 9.17) is 5.73 Å². The molecule has 1 atom stereocenters. The molecule has 0 spiro atoms. The molecule has 0 aliphatic carbocycles. The molecule has 0 bridgehead atoms. The Labute approximate surface area is 91.2 Å². The molecule has 0 aliphatic heterocycles. The molecule has 2 N–H and O–H groups in total. The normalized spacial score (nSPS) is 13.8. The first kappa shape index (κ1) is 12.2. The molecule has 4 heteroatoms. The van der Waals surface area contributed by atoms with Crippen LogP contribution in [0.3, 0.4) is 0 Å². The van der Waals surface area contributed by atoms with Crippen LogP contribution in [0, 0.1) is 0 Å². The van der Waals surface area contributed by atoms with E-state index in [0.29, 0.717) is 11.3 Å². The first-order valence-electron chi connectivity index (χ1n) is 4.95. The molecule has 0 saturated heterocycles. The number of hydrogen-bond acceptors (Lipinski definition) is 3. The summed E-state index contributed by atoms with van der Waals surface area (Å²) in [6, 6.07) is 7.18. The van der Waals surface area contributed by atoms with E-state index in [0.717, 1.165) is 12.0 Å². The minimum atomic E-state index is -3.12. The molecule has 15 heavy (non-hydrogen) atoms. The summed E-state index contributed by atoms with van der Waals surface area (Å²) in [6.07, 6.45) is 2.74. The maximum Gasteiger partial charge on any atom is 0.175 e. The summed E-state index contributed by atoms with van der Waals surface area (Å²) in [5.41, 5.74) is 6.51. The highest BCUT2D eigenvalue weighted by molar-refractivity contribution is 7.90. The van der Waals surface area contributed by atoms with E-state index in [9.17, 15) is 8.42 Å². The lowest BCUT2D eigenvalue weighted by Gasteiger charge is -2.09. The molecule has 1 aromatic carbocycles. The van der Waals surface area contributed by atoms with Crippen molar-refractivity contribution in [3.63, 3.8) is 0 Å². The molecule has 0 unspecified atom stereocenters. The molecule has 0 heterocycles. The Morgan fingerprint density at radius 1 is 1.33 bits per heavy atom. The van der Waals surface area contributed by atoms with Crippen molar-refractivity contribution < 1.29 is 8.42 Å². The van der Waals surface area contributed by atoms with Gasteiger partial charge in [-0.05, 0) is 31.4 Å². The van der Waals surface area contributed by atoms with Crippen LogP contribution in [0.5, 0.6) is 0 Å². The Hall–Kier alpha value is -0.870. The van der Waals surface area contributed by atoms with Crippen LogP contribution in [-0.2, 0) is 16.3 Å². The zero-order valence-corrected chi connectivity index (χ0v) is 9.92. The van der Waals surface area contributed by atoms with Gasteiger partial charge < -0.3 is 5.73 Å². The third-order valence-electron chi connectivity index (χ3n) is 2.24. The lowest BCUT2D eigenvalue weighted by molar-refractivity contribution is 0.598. The molecule has 0 aliphatic rings. The van der Waals surface area contributed by atoms with Crippen LogP contribution >= 0.6 is 0 Å². The highest BCUT2D eigenvalue weighted by Gasteiger charge is 2.12. The van der Waals surface area contributed by atoms with Gasteiger partial charge in [0.05, 0.1) is 4.90 Å². The molecule has 0 fully saturated rings. The van der Waals surface area contributed by atoms with Crippen molar-refractivity contribution in [3.8, 4) is 0 Å². The van der Waals surface area contributed by atoms with Gasteiger partial charge in [-0.15, -0.1) is 0 Å². The number of rotatable bonds is 4. The molecule has 0 saturated carbocycles. The Morgan fingerprint density at radius 3 is 2.47 bits per heavy atom. The summed E-state index contributed by atoms with van der Waals surface area (Å²) < 4.78 is 22.9. The fraction of sp³-hybridized carbons (Fsp3) is 0.455. The van der Waals surface area contributed by atoms with Crippen molar-refractivity contribution >= 4 is 9.84 Å². The third-order valence-corrected chi connectivity index (χ3v) is 3.44. The van der Waals surface area contributed by atoms with Gasteiger partial charge in [-0.3, -0.25) is 0 Å². The Morgan fingerprint density at radius 2 is 1.93 bits per heavy atom. The van der Waals surface area contributed by atoms with Crippen molar-refractivity contribution in [2.24, 2.45) is 5.73 Å². The van der Waals surface area contributed by atoms with Gasteiger partial charge in [-0.25, -0.2) is 8.42 Å². The van der Waals surface area contributed by atoms with E-state index in [1.807, 2.05) is 19.1 Å². The summed E-state index contributed by atoms with van der Waals surface area (Å²) in [6.45, 7) is 1.92. The van der Waals surface area contributed by atoms with Crippen LogP contribution in [0.4, 0.5) is 0 Å². The van der Waals surface area contributed by atoms with Gasteiger partial charge in [0, 0.05) is 12.3 Å². The Bertz CT molecular complexity index is 424. The highest BCUT2D eigenvalue weighted by atomic mass is 32.2. The van der Waals surface area contributed by atoms with Crippen molar-refractivity contribution in [1.29, 1.82) is 0 Å². The van der Waals surface area contributed by atoms with Gasteiger partial charge in [0.2, 0.25) is 0 Å². The molecule has 3 nitrogen and oxygen atoms in total. The smallest absolute Gasteiger partial charge is 0.175 e. The maximum atomic E-state index is 11.5. The van der Waals surface area contributed by atoms with E-state index in [1.54, 1.807) is 12.1 Å². The largest absolute Gasteiger partial charge is 0.328 e. The van der Waals surface area contributed by atoms with Crippen molar-refractivity contribution in [2.75, 3.05) is 6.26 Å². The van der Waals surface area contributed by atoms with Gasteiger partial charge in [-0.1, -0.05) is 18.2 Å². The van der Waals surface area contributed by atoms with Crippen LogP contribution < -0.4 is 5.73 Å². The summed E-state index contributed by atoms with van der Waals surface area (Å²) in [4.78, 5) is 0.422.